The Labute approximate surface area is 62.4 Å². The molecule has 0 radical (unpaired) electrons. The van der Waals surface area contributed by atoms with Gasteiger partial charge in [0, 0.05) is 5.41 Å². The van der Waals surface area contributed by atoms with Crippen molar-refractivity contribution >= 4 is 0 Å². The molecule has 0 amide bonds. The summed E-state index contributed by atoms with van der Waals surface area (Å²) in [5.41, 5.74) is 2.21. The van der Waals surface area contributed by atoms with Gasteiger partial charge in [0.25, 0.3) is 0 Å². The molecular formula is C9H15F. The Kier molecular flexibility index (Phi) is 3.38. The number of hydrogen-bond donors (Lipinski definition) is 0. The van der Waals surface area contributed by atoms with E-state index in [1.165, 1.54) is 0 Å². The number of allylic oxidation sites excluding steroid dienone is 1. The highest BCUT2D eigenvalue weighted by atomic mass is 19.1. The standard InChI is InChI=1S/C9H15F/c1-5-6-7-8(10)9(2,3)4/h6H,5H2,1-4H3. The molecule has 58 valence electrons. The van der Waals surface area contributed by atoms with Crippen molar-refractivity contribution in [3.8, 4) is 0 Å². The summed E-state index contributed by atoms with van der Waals surface area (Å²) in [7, 11) is 0. The second kappa shape index (κ2) is 3.58. The minimum absolute atomic E-state index is 0.172. The smallest absolute Gasteiger partial charge is 0.147 e. The second-order valence-corrected chi connectivity index (χ2v) is 3.32. The van der Waals surface area contributed by atoms with Crippen molar-refractivity contribution in [2.24, 2.45) is 5.41 Å². The van der Waals surface area contributed by atoms with Gasteiger partial charge in [-0.25, -0.2) is 4.39 Å². The van der Waals surface area contributed by atoms with Crippen LogP contribution in [-0.4, -0.2) is 0 Å². The van der Waals surface area contributed by atoms with E-state index in [2.05, 4.69) is 5.73 Å². The highest BCUT2D eigenvalue weighted by molar-refractivity contribution is 5.01. The van der Waals surface area contributed by atoms with Crippen molar-refractivity contribution in [3.05, 3.63) is 17.6 Å². The van der Waals surface area contributed by atoms with Crippen molar-refractivity contribution in [2.75, 3.05) is 0 Å². The van der Waals surface area contributed by atoms with E-state index >= 15 is 0 Å². The highest BCUT2D eigenvalue weighted by Crippen LogP contribution is 2.24. The van der Waals surface area contributed by atoms with Crippen LogP contribution in [0.25, 0.3) is 0 Å². The van der Waals surface area contributed by atoms with Gasteiger partial charge in [-0.3, -0.25) is 0 Å². The topological polar surface area (TPSA) is 0 Å². The van der Waals surface area contributed by atoms with E-state index in [4.69, 9.17) is 0 Å². The Hall–Kier alpha value is -0.550. The minimum atomic E-state index is -0.383. The maximum atomic E-state index is 12.9. The third-order valence-electron chi connectivity index (χ3n) is 1.09. The molecule has 0 rings (SSSR count). The third kappa shape index (κ3) is 3.47. The van der Waals surface area contributed by atoms with Crippen LogP contribution in [-0.2, 0) is 0 Å². The molecule has 0 saturated heterocycles. The normalized spacial score (nSPS) is 10.5. The van der Waals surface area contributed by atoms with Crippen LogP contribution in [0.4, 0.5) is 4.39 Å². The van der Waals surface area contributed by atoms with Gasteiger partial charge in [0.1, 0.15) is 5.83 Å². The van der Waals surface area contributed by atoms with Gasteiger partial charge in [-0.05, 0) is 12.5 Å². The molecule has 0 nitrogen and oxygen atoms in total. The zero-order chi connectivity index (χ0) is 8.20. The van der Waals surface area contributed by atoms with Crippen molar-refractivity contribution in [1.82, 2.24) is 0 Å². The maximum absolute atomic E-state index is 12.9. The molecule has 0 fully saturated rings. The van der Waals surface area contributed by atoms with E-state index in [0.29, 0.717) is 0 Å². The molecule has 0 aromatic carbocycles. The van der Waals surface area contributed by atoms with Gasteiger partial charge in [0.05, 0.1) is 0 Å². The molecule has 0 spiro atoms. The molecule has 10 heavy (non-hydrogen) atoms. The molecule has 0 atom stereocenters. The molecule has 1 heteroatoms. The largest absolute Gasteiger partial charge is 0.202 e. The molecule has 0 aliphatic heterocycles. The lowest BCUT2D eigenvalue weighted by atomic mass is 9.95. The van der Waals surface area contributed by atoms with Crippen molar-refractivity contribution in [3.63, 3.8) is 0 Å². The van der Waals surface area contributed by atoms with Crippen molar-refractivity contribution in [2.45, 2.75) is 34.1 Å². The summed E-state index contributed by atoms with van der Waals surface area (Å²) in [6.07, 6.45) is 2.55. The molecule has 0 aliphatic carbocycles. The van der Waals surface area contributed by atoms with E-state index in [0.717, 1.165) is 6.42 Å². The fourth-order valence-electron chi connectivity index (χ4n) is 0.408. The molecule has 0 bridgehead atoms. The molecule has 0 aliphatic rings. The van der Waals surface area contributed by atoms with Gasteiger partial charge in [0.15, 0.2) is 0 Å². The van der Waals surface area contributed by atoms with Crippen LogP contribution in [0.1, 0.15) is 34.1 Å². The van der Waals surface area contributed by atoms with E-state index in [1.807, 2.05) is 27.7 Å². The fraction of sp³-hybridized carbons (Fsp3) is 0.667. The maximum Gasteiger partial charge on any atom is 0.147 e. The average molecular weight is 142 g/mol. The highest BCUT2D eigenvalue weighted by Gasteiger charge is 2.15. The Morgan fingerprint density at radius 3 is 2.30 bits per heavy atom. The quantitative estimate of drug-likeness (QED) is 0.492. The van der Waals surface area contributed by atoms with Gasteiger partial charge in [-0.1, -0.05) is 33.4 Å². The third-order valence-corrected chi connectivity index (χ3v) is 1.09. The fourth-order valence-corrected chi connectivity index (χ4v) is 0.408. The van der Waals surface area contributed by atoms with Gasteiger partial charge < -0.3 is 0 Å². The SMILES string of the molecule is CCC=C=C(F)C(C)(C)C. The predicted octanol–water partition coefficient (Wildman–Crippen LogP) is 3.45. The Balaban J connectivity index is 4.34. The number of halogens is 1. The summed E-state index contributed by atoms with van der Waals surface area (Å²) in [6.45, 7) is 7.46. The first-order valence-corrected chi connectivity index (χ1v) is 3.59. The zero-order valence-electron chi connectivity index (χ0n) is 7.16. The van der Waals surface area contributed by atoms with Crippen LogP contribution in [0.2, 0.25) is 0 Å². The van der Waals surface area contributed by atoms with Gasteiger partial charge in [-0.2, -0.15) is 0 Å². The molecule has 0 saturated carbocycles. The summed E-state index contributed by atoms with van der Waals surface area (Å²) < 4.78 is 12.9. The predicted molar refractivity (Wildman–Crippen MR) is 42.5 cm³/mol. The van der Waals surface area contributed by atoms with Crippen LogP contribution in [0.5, 0.6) is 0 Å². The zero-order valence-corrected chi connectivity index (χ0v) is 7.16. The summed E-state index contributed by atoms with van der Waals surface area (Å²) in [4.78, 5) is 0. The Morgan fingerprint density at radius 2 is 2.00 bits per heavy atom. The second-order valence-electron chi connectivity index (χ2n) is 3.32. The van der Waals surface area contributed by atoms with E-state index < -0.39 is 0 Å². The van der Waals surface area contributed by atoms with Gasteiger partial charge in [0.2, 0.25) is 0 Å². The lowest BCUT2D eigenvalue weighted by Crippen LogP contribution is -2.03. The Morgan fingerprint density at radius 1 is 1.50 bits per heavy atom. The summed E-state index contributed by atoms with van der Waals surface area (Å²) in [5.74, 6) is -0.172. The molecule has 0 aromatic rings. The van der Waals surface area contributed by atoms with Crippen LogP contribution < -0.4 is 0 Å². The number of rotatable bonds is 1. The first-order chi connectivity index (χ1) is 4.48. The molecule has 0 N–H and O–H groups in total. The van der Waals surface area contributed by atoms with E-state index in [1.54, 1.807) is 6.08 Å². The van der Waals surface area contributed by atoms with E-state index in [9.17, 15) is 4.39 Å². The average Bonchev–Trinajstić information content (AvgIpc) is 1.80. The van der Waals surface area contributed by atoms with E-state index in [-0.39, 0.29) is 11.2 Å². The summed E-state index contributed by atoms with van der Waals surface area (Å²) >= 11 is 0. The van der Waals surface area contributed by atoms with Crippen LogP contribution >= 0.6 is 0 Å². The number of hydrogen-bond acceptors (Lipinski definition) is 0. The lowest BCUT2D eigenvalue weighted by Gasteiger charge is -2.12. The van der Waals surface area contributed by atoms with Crippen LogP contribution in [0.3, 0.4) is 0 Å². The van der Waals surface area contributed by atoms with Gasteiger partial charge >= 0.3 is 0 Å². The van der Waals surface area contributed by atoms with Crippen LogP contribution in [0.15, 0.2) is 17.6 Å². The van der Waals surface area contributed by atoms with Crippen molar-refractivity contribution in [1.29, 1.82) is 0 Å². The molecular weight excluding hydrogens is 127 g/mol. The molecule has 0 aromatic heterocycles. The van der Waals surface area contributed by atoms with Crippen molar-refractivity contribution < 1.29 is 4.39 Å². The van der Waals surface area contributed by atoms with Crippen LogP contribution in [0, 0.1) is 5.41 Å². The lowest BCUT2D eigenvalue weighted by molar-refractivity contribution is 0.385. The summed E-state index contributed by atoms with van der Waals surface area (Å²) in [5, 5.41) is 0. The molecule has 0 unspecified atom stereocenters. The Bertz CT molecular complexity index is 154. The molecule has 0 heterocycles. The minimum Gasteiger partial charge on any atom is -0.202 e. The first kappa shape index (κ1) is 9.45. The summed E-state index contributed by atoms with van der Waals surface area (Å²) in [6, 6.07) is 0. The first-order valence-electron chi connectivity index (χ1n) is 3.59. The van der Waals surface area contributed by atoms with Gasteiger partial charge in [-0.15, -0.1) is 0 Å². The monoisotopic (exact) mass is 142 g/mol.